The second kappa shape index (κ2) is 7.21. The van der Waals surface area contributed by atoms with Crippen LogP contribution < -0.4 is 5.32 Å². The Hall–Kier alpha value is -1.57. The van der Waals surface area contributed by atoms with Gasteiger partial charge in [-0.1, -0.05) is 0 Å². The van der Waals surface area contributed by atoms with Crippen molar-refractivity contribution in [2.24, 2.45) is 5.92 Å². The number of nitrogens with zero attached hydrogens (tertiary/aromatic N) is 1. The fourth-order valence-electron chi connectivity index (χ4n) is 4.00. The maximum absolute atomic E-state index is 12.6. The number of aryl methyl sites for hydroxylation is 1. The van der Waals surface area contributed by atoms with E-state index in [4.69, 9.17) is 4.74 Å². The highest BCUT2D eigenvalue weighted by molar-refractivity contribution is 8.01. The van der Waals surface area contributed by atoms with Crippen molar-refractivity contribution in [3.63, 3.8) is 0 Å². The van der Waals surface area contributed by atoms with Crippen LogP contribution in [-0.2, 0) is 16.0 Å². The van der Waals surface area contributed by atoms with E-state index in [2.05, 4.69) is 5.32 Å². The molecule has 1 atom stereocenters. The normalized spacial score (nSPS) is 25.8. The minimum atomic E-state index is -0.358. The third kappa shape index (κ3) is 3.35. The van der Waals surface area contributed by atoms with Gasteiger partial charge < -0.3 is 10.1 Å². The molecule has 0 bridgehead atoms. The SMILES string of the molecule is O=C(c1ccc2c(c1)CCC1(CCNC1=O)S2)N(O)CC1CCOCC1. The Bertz CT molecular complexity index is 719. The van der Waals surface area contributed by atoms with Crippen molar-refractivity contribution in [1.29, 1.82) is 0 Å². The van der Waals surface area contributed by atoms with Crippen molar-refractivity contribution in [1.82, 2.24) is 10.4 Å². The molecule has 0 aromatic heterocycles. The van der Waals surface area contributed by atoms with Crippen molar-refractivity contribution >= 4 is 23.6 Å². The molecule has 7 heteroatoms. The lowest BCUT2D eigenvalue weighted by Crippen LogP contribution is -2.37. The lowest BCUT2D eigenvalue weighted by atomic mass is 9.95. The Balaban J connectivity index is 1.45. The molecule has 0 aliphatic carbocycles. The second-order valence-corrected chi connectivity index (χ2v) is 8.79. The molecule has 1 aromatic carbocycles. The van der Waals surface area contributed by atoms with Crippen LogP contribution in [0.2, 0.25) is 0 Å². The molecule has 1 aromatic rings. The molecule has 4 rings (SSSR count). The molecule has 140 valence electrons. The first kappa shape index (κ1) is 17.8. The van der Waals surface area contributed by atoms with Crippen LogP contribution in [0.4, 0.5) is 0 Å². The predicted molar refractivity (Wildman–Crippen MR) is 97.3 cm³/mol. The number of nitrogens with one attached hydrogen (secondary N) is 1. The number of ether oxygens (including phenoxy) is 1. The molecule has 3 aliphatic heterocycles. The van der Waals surface area contributed by atoms with E-state index in [-0.39, 0.29) is 22.5 Å². The molecule has 3 heterocycles. The third-order valence-corrected chi connectivity index (χ3v) is 7.25. The molecular weight excluding hydrogens is 352 g/mol. The average Bonchev–Trinajstić information content (AvgIpc) is 3.01. The zero-order chi connectivity index (χ0) is 18.1. The number of carbonyl (C=O) groups is 2. The fourth-order valence-corrected chi connectivity index (χ4v) is 5.42. The van der Waals surface area contributed by atoms with E-state index >= 15 is 0 Å². The molecule has 2 N–H and O–H groups in total. The maximum atomic E-state index is 12.6. The zero-order valence-electron chi connectivity index (χ0n) is 14.7. The minimum Gasteiger partial charge on any atom is -0.381 e. The summed E-state index contributed by atoms with van der Waals surface area (Å²) in [6, 6.07) is 5.55. The molecule has 0 radical (unpaired) electrons. The van der Waals surface area contributed by atoms with Crippen LogP contribution >= 0.6 is 11.8 Å². The first-order valence-corrected chi connectivity index (χ1v) is 10.1. The number of carbonyl (C=O) groups excluding carboxylic acids is 2. The molecule has 0 saturated carbocycles. The summed E-state index contributed by atoms with van der Waals surface area (Å²) in [6.45, 7) is 2.47. The standard InChI is InChI=1S/C19H24N2O4S/c22-17(21(24)12-13-4-9-25-10-5-13)15-1-2-16-14(11-15)3-6-19(26-16)7-8-20-18(19)23/h1-2,11,13,24H,3-10,12H2,(H,20,23). The van der Waals surface area contributed by atoms with Crippen LogP contribution in [0.1, 0.15) is 41.6 Å². The lowest BCUT2D eigenvalue weighted by Gasteiger charge is -2.31. The summed E-state index contributed by atoms with van der Waals surface area (Å²) in [5, 5.41) is 14.0. The molecule has 3 aliphatic rings. The highest BCUT2D eigenvalue weighted by atomic mass is 32.2. The van der Waals surface area contributed by atoms with E-state index in [9.17, 15) is 14.8 Å². The van der Waals surface area contributed by atoms with Gasteiger partial charge in [-0.25, -0.2) is 5.06 Å². The number of thioether (sulfide) groups is 1. The first-order chi connectivity index (χ1) is 12.6. The van der Waals surface area contributed by atoms with Gasteiger partial charge in [-0.2, -0.15) is 0 Å². The Labute approximate surface area is 157 Å². The Morgan fingerprint density at radius 2 is 2.15 bits per heavy atom. The first-order valence-electron chi connectivity index (χ1n) is 9.26. The summed E-state index contributed by atoms with van der Waals surface area (Å²) in [7, 11) is 0. The molecule has 2 amide bonds. The molecule has 2 fully saturated rings. The summed E-state index contributed by atoms with van der Waals surface area (Å²) in [6.07, 6.45) is 4.16. The Kier molecular flexibility index (Phi) is 4.94. The third-order valence-electron chi connectivity index (χ3n) is 5.65. The van der Waals surface area contributed by atoms with Gasteiger partial charge in [0.1, 0.15) is 4.75 Å². The molecule has 1 unspecified atom stereocenters. The molecule has 6 nitrogen and oxygen atoms in total. The quantitative estimate of drug-likeness (QED) is 0.625. The molecule has 1 spiro atoms. The fraction of sp³-hybridized carbons (Fsp3) is 0.579. The largest absolute Gasteiger partial charge is 0.381 e. The maximum Gasteiger partial charge on any atom is 0.277 e. The van der Waals surface area contributed by atoms with Crippen molar-refractivity contribution in [3.8, 4) is 0 Å². The van der Waals surface area contributed by atoms with Gasteiger partial charge in [0.15, 0.2) is 0 Å². The van der Waals surface area contributed by atoms with Crippen molar-refractivity contribution in [2.45, 2.75) is 41.7 Å². The lowest BCUT2D eigenvalue weighted by molar-refractivity contribution is -0.121. The number of hydroxylamine groups is 2. The number of hydrogen-bond donors (Lipinski definition) is 2. The summed E-state index contributed by atoms with van der Waals surface area (Å²) >= 11 is 1.62. The summed E-state index contributed by atoms with van der Waals surface area (Å²) < 4.78 is 4.98. The van der Waals surface area contributed by atoms with Crippen LogP contribution in [0.5, 0.6) is 0 Å². The smallest absolute Gasteiger partial charge is 0.277 e. The molecular formula is C19H24N2O4S. The Morgan fingerprint density at radius 3 is 2.88 bits per heavy atom. The van der Waals surface area contributed by atoms with E-state index in [0.717, 1.165) is 54.2 Å². The van der Waals surface area contributed by atoms with Gasteiger partial charge in [0.2, 0.25) is 5.91 Å². The number of hydrogen-bond acceptors (Lipinski definition) is 5. The van der Waals surface area contributed by atoms with Gasteiger partial charge in [0.05, 0.1) is 6.54 Å². The van der Waals surface area contributed by atoms with Crippen LogP contribution in [0, 0.1) is 5.92 Å². The number of fused-ring (bicyclic) bond motifs is 1. The monoisotopic (exact) mass is 376 g/mol. The van der Waals surface area contributed by atoms with Gasteiger partial charge >= 0.3 is 0 Å². The van der Waals surface area contributed by atoms with Gasteiger partial charge in [0.25, 0.3) is 5.91 Å². The molecule has 26 heavy (non-hydrogen) atoms. The van der Waals surface area contributed by atoms with Crippen molar-refractivity contribution in [3.05, 3.63) is 29.3 Å². The van der Waals surface area contributed by atoms with Crippen LogP contribution in [0.3, 0.4) is 0 Å². The summed E-state index contributed by atoms with van der Waals surface area (Å²) in [4.78, 5) is 25.8. The summed E-state index contributed by atoms with van der Waals surface area (Å²) in [5.74, 6) is 0.0566. The predicted octanol–water partition coefficient (Wildman–Crippen LogP) is 2.24. The van der Waals surface area contributed by atoms with Crippen LogP contribution in [0.25, 0.3) is 0 Å². The van der Waals surface area contributed by atoms with E-state index in [1.807, 2.05) is 12.1 Å². The van der Waals surface area contributed by atoms with Crippen molar-refractivity contribution in [2.75, 3.05) is 26.3 Å². The number of benzene rings is 1. The van der Waals surface area contributed by atoms with Gasteiger partial charge in [-0.15, -0.1) is 11.8 Å². The van der Waals surface area contributed by atoms with E-state index in [1.54, 1.807) is 17.8 Å². The Morgan fingerprint density at radius 1 is 1.35 bits per heavy atom. The highest BCUT2D eigenvalue weighted by Crippen LogP contribution is 2.47. The average molecular weight is 376 g/mol. The second-order valence-electron chi connectivity index (χ2n) is 7.37. The number of amides is 2. The van der Waals surface area contributed by atoms with Gasteiger partial charge in [-0.3, -0.25) is 14.8 Å². The number of rotatable bonds is 3. The zero-order valence-corrected chi connectivity index (χ0v) is 15.5. The molecule has 2 saturated heterocycles. The van der Waals surface area contributed by atoms with E-state index < -0.39 is 0 Å². The topological polar surface area (TPSA) is 78.9 Å². The minimum absolute atomic E-state index is 0.131. The summed E-state index contributed by atoms with van der Waals surface area (Å²) in [5.41, 5.74) is 1.59. The van der Waals surface area contributed by atoms with E-state index in [0.29, 0.717) is 25.3 Å². The van der Waals surface area contributed by atoms with Crippen LogP contribution in [0.15, 0.2) is 23.1 Å². The highest BCUT2D eigenvalue weighted by Gasteiger charge is 2.45. The van der Waals surface area contributed by atoms with Crippen molar-refractivity contribution < 1.29 is 19.5 Å². The van der Waals surface area contributed by atoms with Gasteiger partial charge in [0, 0.05) is 30.2 Å². The van der Waals surface area contributed by atoms with E-state index in [1.165, 1.54) is 0 Å². The van der Waals surface area contributed by atoms with Gasteiger partial charge in [-0.05, 0) is 61.8 Å². The van der Waals surface area contributed by atoms with Crippen LogP contribution in [-0.4, -0.2) is 53.1 Å².